The molecule has 0 saturated heterocycles. The van der Waals surface area contributed by atoms with E-state index in [2.05, 4.69) is 10.0 Å². The van der Waals surface area contributed by atoms with E-state index in [1.807, 2.05) is 19.0 Å². The summed E-state index contributed by atoms with van der Waals surface area (Å²) in [5.74, 6) is -0.244. The normalized spacial score (nSPS) is 15.8. The molecule has 134 valence electrons. The summed E-state index contributed by atoms with van der Waals surface area (Å²) in [6.45, 7) is 1.45. The summed E-state index contributed by atoms with van der Waals surface area (Å²) in [5.41, 5.74) is 0.370. The molecule has 1 saturated carbocycles. The van der Waals surface area contributed by atoms with Crippen LogP contribution in [0, 0.1) is 0 Å². The van der Waals surface area contributed by atoms with Crippen LogP contribution >= 0.6 is 0 Å². The van der Waals surface area contributed by atoms with Crippen LogP contribution in [0.3, 0.4) is 0 Å². The van der Waals surface area contributed by atoms with Gasteiger partial charge in [-0.05, 0) is 58.1 Å². The second kappa shape index (κ2) is 8.60. The molecule has 0 bridgehead atoms. The molecule has 6 nitrogen and oxygen atoms in total. The molecule has 7 heteroatoms. The van der Waals surface area contributed by atoms with Crippen molar-refractivity contribution in [3.05, 3.63) is 29.8 Å². The standard InChI is InChI=1S/C17H27N3O3S/c1-20(2)12-6-11-18-17(21)14-7-5-10-16(13-14)24(22,23)19-15-8-3-4-9-15/h5,7,10,13,15,19H,3-4,6,8-9,11-12H2,1-2H3,(H,18,21). The van der Waals surface area contributed by atoms with Crippen LogP contribution in [0.2, 0.25) is 0 Å². The maximum Gasteiger partial charge on any atom is 0.251 e. The van der Waals surface area contributed by atoms with Crippen molar-refractivity contribution in [1.29, 1.82) is 0 Å². The fourth-order valence-electron chi connectivity index (χ4n) is 2.83. The van der Waals surface area contributed by atoms with Crippen LogP contribution in [0.25, 0.3) is 0 Å². The van der Waals surface area contributed by atoms with Gasteiger partial charge in [0.15, 0.2) is 0 Å². The molecule has 1 aromatic rings. The van der Waals surface area contributed by atoms with Crippen molar-refractivity contribution >= 4 is 15.9 Å². The zero-order valence-electron chi connectivity index (χ0n) is 14.4. The van der Waals surface area contributed by atoms with Gasteiger partial charge in [0.1, 0.15) is 0 Å². The number of hydrogen-bond donors (Lipinski definition) is 2. The number of amides is 1. The number of rotatable bonds is 8. The lowest BCUT2D eigenvalue weighted by Gasteiger charge is -2.13. The largest absolute Gasteiger partial charge is 0.352 e. The lowest BCUT2D eigenvalue weighted by Crippen LogP contribution is -2.33. The van der Waals surface area contributed by atoms with Crippen molar-refractivity contribution in [2.75, 3.05) is 27.2 Å². The Morgan fingerprint density at radius 1 is 1.25 bits per heavy atom. The molecule has 0 spiro atoms. The summed E-state index contributed by atoms with van der Waals surface area (Å²) in [6.07, 6.45) is 4.72. The molecule has 2 N–H and O–H groups in total. The number of nitrogens with zero attached hydrogens (tertiary/aromatic N) is 1. The van der Waals surface area contributed by atoms with Gasteiger partial charge in [0.05, 0.1) is 4.90 Å². The van der Waals surface area contributed by atoms with Crippen molar-refractivity contribution in [3.63, 3.8) is 0 Å². The van der Waals surface area contributed by atoms with E-state index in [0.717, 1.165) is 38.6 Å². The molecule has 1 aromatic carbocycles. The van der Waals surface area contributed by atoms with Crippen molar-refractivity contribution in [2.24, 2.45) is 0 Å². The van der Waals surface area contributed by atoms with Gasteiger partial charge < -0.3 is 10.2 Å². The molecule has 1 aliphatic carbocycles. The molecule has 1 aliphatic rings. The minimum atomic E-state index is -3.57. The first-order chi connectivity index (χ1) is 11.4. The summed E-state index contributed by atoms with van der Waals surface area (Å²) in [4.78, 5) is 14.4. The van der Waals surface area contributed by atoms with Crippen molar-refractivity contribution in [3.8, 4) is 0 Å². The fourth-order valence-corrected chi connectivity index (χ4v) is 4.19. The smallest absolute Gasteiger partial charge is 0.251 e. The lowest BCUT2D eigenvalue weighted by molar-refractivity contribution is 0.0952. The Hall–Kier alpha value is -1.44. The Kier molecular flexibility index (Phi) is 6.77. The minimum absolute atomic E-state index is 0.0125. The van der Waals surface area contributed by atoms with Crippen LogP contribution in [0.15, 0.2) is 29.2 Å². The van der Waals surface area contributed by atoms with Crippen LogP contribution in [0.4, 0.5) is 0 Å². The maximum absolute atomic E-state index is 12.4. The SMILES string of the molecule is CN(C)CCCNC(=O)c1cccc(S(=O)(=O)NC2CCCC2)c1. The zero-order chi connectivity index (χ0) is 17.6. The Morgan fingerprint density at radius 3 is 2.62 bits per heavy atom. The van der Waals surface area contributed by atoms with E-state index < -0.39 is 10.0 Å². The topological polar surface area (TPSA) is 78.5 Å². The number of carbonyl (C=O) groups is 1. The van der Waals surface area contributed by atoms with Crippen molar-refractivity contribution < 1.29 is 13.2 Å². The first-order valence-electron chi connectivity index (χ1n) is 8.44. The minimum Gasteiger partial charge on any atom is -0.352 e. The Morgan fingerprint density at radius 2 is 1.96 bits per heavy atom. The summed E-state index contributed by atoms with van der Waals surface area (Å²) in [6, 6.07) is 6.23. The van der Waals surface area contributed by atoms with Gasteiger partial charge in [-0.15, -0.1) is 0 Å². The molecule has 1 fully saturated rings. The zero-order valence-corrected chi connectivity index (χ0v) is 15.2. The highest BCUT2D eigenvalue weighted by molar-refractivity contribution is 7.89. The van der Waals surface area contributed by atoms with Gasteiger partial charge in [0.2, 0.25) is 10.0 Å². The third-order valence-corrected chi connectivity index (χ3v) is 5.67. The predicted octanol–water partition coefficient (Wildman–Crippen LogP) is 1.59. The number of benzene rings is 1. The number of nitrogens with one attached hydrogen (secondary N) is 2. The van der Waals surface area contributed by atoms with Crippen molar-refractivity contribution in [1.82, 2.24) is 14.9 Å². The van der Waals surface area contributed by atoms with Gasteiger partial charge in [-0.1, -0.05) is 18.9 Å². The third kappa shape index (κ3) is 5.58. The number of hydrogen-bond acceptors (Lipinski definition) is 4. The molecule has 0 unspecified atom stereocenters. The average molecular weight is 353 g/mol. The molecule has 24 heavy (non-hydrogen) atoms. The second-order valence-corrected chi connectivity index (χ2v) is 8.26. The van der Waals surface area contributed by atoms with Crippen LogP contribution in [0.5, 0.6) is 0 Å². The average Bonchev–Trinajstić information content (AvgIpc) is 3.03. The van der Waals surface area contributed by atoms with E-state index in [0.29, 0.717) is 12.1 Å². The first kappa shape index (κ1) is 18.9. The summed E-state index contributed by atoms with van der Waals surface area (Å²) in [7, 11) is 0.387. The van der Waals surface area contributed by atoms with Gasteiger partial charge in [-0.3, -0.25) is 4.79 Å². The summed E-state index contributed by atoms with van der Waals surface area (Å²) in [5, 5.41) is 2.83. The second-order valence-electron chi connectivity index (χ2n) is 6.54. The van der Waals surface area contributed by atoms with E-state index >= 15 is 0 Å². The first-order valence-corrected chi connectivity index (χ1v) is 9.92. The lowest BCUT2D eigenvalue weighted by atomic mass is 10.2. The monoisotopic (exact) mass is 353 g/mol. The van der Waals surface area contributed by atoms with Crippen molar-refractivity contribution in [2.45, 2.75) is 43.0 Å². The maximum atomic E-state index is 12.4. The third-order valence-electron chi connectivity index (χ3n) is 4.15. The fraction of sp³-hybridized carbons (Fsp3) is 0.588. The molecule has 0 atom stereocenters. The van der Waals surface area contributed by atoms with Gasteiger partial charge in [-0.2, -0.15) is 0 Å². The highest BCUT2D eigenvalue weighted by Crippen LogP contribution is 2.20. The van der Waals surface area contributed by atoms with E-state index in [-0.39, 0.29) is 16.8 Å². The van der Waals surface area contributed by atoms with Gasteiger partial charge in [0.25, 0.3) is 5.91 Å². The highest BCUT2D eigenvalue weighted by atomic mass is 32.2. The number of sulfonamides is 1. The summed E-state index contributed by atoms with van der Waals surface area (Å²) >= 11 is 0. The van der Waals surface area contributed by atoms with Gasteiger partial charge in [-0.25, -0.2) is 13.1 Å². The van der Waals surface area contributed by atoms with Gasteiger partial charge >= 0.3 is 0 Å². The highest BCUT2D eigenvalue weighted by Gasteiger charge is 2.23. The molecule has 1 amide bonds. The van der Waals surface area contributed by atoms with Crippen LogP contribution in [-0.2, 0) is 10.0 Å². The Labute approximate surface area is 144 Å². The molecule has 0 aliphatic heterocycles. The van der Waals surface area contributed by atoms with E-state index in [4.69, 9.17) is 0 Å². The van der Waals surface area contributed by atoms with E-state index in [1.54, 1.807) is 12.1 Å². The van der Waals surface area contributed by atoms with E-state index in [9.17, 15) is 13.2 Å². The quantitative estimate of drug-likeness (QED) is 0.696. The molecule has 0 heterocycles. The number of carbonyl (C=O) groups excluding carboxylic acids is 1. The summed E-state index contributed by atoms with van der Waals surface area (Å²) < 4.78 is 27.6. The van der Waals surface area contributed by atoms with Crippen LogP contribution in [-0.4, -0.2) is 52.5 Å². The Balaban J connectivity index is 1.98. The van der Waals surface area contributed by atoms with Crippen LogP contribution < -0.4 is 10.0 Å². The van der Waals surface area contributed by atoms with Crippen LogP contribution in [0.1, 0.15) is 42.5 Å². The molecule has 0 aromatic heterocycles. The van der Waals surface area contributed by atoms with Gasteiger partial charge in [0, 0.05) is 18.2 Å². The Bertz CT molecular complexity index is 653. The molecular weight excluding hydrogens is 326 g/mol. The predicted molar refractivity (Wildman–Crippen MR) is 94.5 cm³/mol. The van der Waals surface area contributed by atoms with E-state index in [1.165, 1.54) is 12.1 Å². The molecule has 2 rings (SSSR count). The molecule has 0 radical (unpaired) electrons. The molecular formula is C17H27N3O3S.